The van der Waals surface area contributed by atoms with E-state index in [0.717, 1.165) is 18.4 Å². The molecule has 7 heteroatoms. The molecule has 0 bridgehead atoms. The molecule has 138 valence electrons. The number of benzene rings is 2. The quantitative estimate of drug-likeness (QED) is 0.661. The molecule has 6 nitrogen and oxygen atoms in total. The summed E-state index contributed by atoms with van der Waals surface area (Å²) in [5.41, 5.74) is 7.48. The Bertz CT molecular complexity index is 847. The number of hydrogen-bond acceptors (Lipinski definition) is 4. The van der Waals surface area contributed by atoms with E-state index in [1.54, 1.807) is 12.1 Å². The first-order chi connectivity index (χ1) is 12.4. The van der Waals surface area contributed by atoms with Crippen molar-refractivity contribution in [2.45, 2.75) is 30.2 Å². The average Bonchev–Trinajstić information content (AvgIpc) is 3.46. The Hall–Kier alpha value is -2.22. The minimum Gasteiger partial charge on any atom is -0.326 e. The molecular formula is C19H23N3O3S. The minimum atomic E-state index is -3.50. The first kappa shape index (κ1) is 18.6. The van der Waals surface area contributed by atoms with Gasteiger partial charge in [0.05, 0.1) is 4.90 Å². The van der Waals surface area contributed by atoms with E-state index >= 15 is 0 Å². The van der Waals surface area contributed by atoms with E-state index in [1.165, 1.54) is 12.1 Å². The Kier molecular flexibility index (Phi) is 5.70. The average molecular weight is 373 g/mol. The fourth-order valence-corrected chi connectivity index (χ4v) is 3.70. The summed E-state index contributed by atoms with van der Waals surface area (Å²) in [6.07, 6.45) is 2.31. The van der Waals surface area contributed by atoms with Gasteiger partial charge in [0.1, 0.15) is 0 Å². The first-order valence-corrected chi connectivity index (χ1v) is 10.1. The van der Waals surface area contributed by atoms with Crippen molar-refractivity contribution in [1.82, 2.24) is 4.72 Å². The summed E-state index contributed by atoms with van der Waals surface area (Å²) >= 11 is 0. The molecule has 1 atom stereocenters. The van der Waals surface area contributed by atoms with Crippen LogP contribution in [0.25, 0.3) is 0 Å². The van der Waals surface area contributed by atoms with Crippen LogP contribution < -0.4 is 15.8 Å². The van der Waals surface area contributed by atoms with Crippen molar-refractivity contribution < 1.29 is 13.2 Å². The Labute approximate surface area is 153 Å². The highest BCUT2D eigenvalue weighted by Gasteiger charge is 2.24. The Balaban J connectivity index is 1.55. The number of hydrogen-bond donors (Lipinski definition) is 3. The Morgan fingerprint density at radius 3 is 2.35 bits per heavy atom. The van der Waals surface area contributed by atoms with Gasteiger partial charge in [-0.1, -0.05) is 30.3 Å². The Morgan fingerprint density at radius 2 is 1.73 bits per heavy atom. The van der Waals surface area contributed by atoms with Crippen molar-refractivity contribution in [3.8, 4) is 0 Å². The van der Waals surface area contributed by atoms with Crippen molar-refractivity contribution in [3.05, 3.63) is 60.2 Å². The highest BCUT2D eigenvalue weighted by molar-refractivity contribution is 7.89. The lowest BCUT2D eigenvalue weighted by Crippen LogP contribution is -2.25. The van der Waals surface area contributed by atoms with Gasteiger partial charge in [-0.25, -0.2) is 13.1 Å². The Morgan fingerprint density at radius 1 is 1.08 bits per heavy atom. The minimum absolute atomic E-state index is 0.146. The van der Waals surface area contributed by atoms with Crippen molar-refractivity contribution >= 4 is 21.6 Å². The zero-order chi connectivity index (χ0) is 18.6. The standard InChI is InChI=1S/C19H23N3O3S/c20-18(15-4-2-1-3-5-15)12-19(23)22-16-8-10-17(11-9-16)26(24,25)21-13-14-6-7-14/h1-5,8-11,14,18,21H,6-7,12-13,20H2,(H,22,23). The van der Waals surface area contributed by atoms with Gasteiger partial charge in [0.15, 0.2) is 0 Å². The molecular weight excluding hydrogens is 350 g/mol. The van der Waals surface area contributed by atoms with Gasteiger partial charge in [-0.2, -0.15) is 0 Å². The summed E-state index contributed by atoms with van der Waals surface area (Å²) < 4.78 is 27.0. The van der Waals surface area contributed by atoms with Gasteiger partial charge in [0, 0.05) is 24.7 Å². The van der Waals surface area contributed by atoms with E-state index in [4.69, 9.17) is 5.73 Å². The van der Waals surface area contributed by atoms with Crippen LogP contribution >= 0.6 is 0 Å². The largest absolute Gasteiger partial charge is 0.326 e. The number of rotatable bonds is 8. The number of carbonyl (C=O) groups excluding carboxylic acids is 1. The van der Waals surface area contributed by atoms with Gasteiger partial charge < -0.3 is 11.1 Å². The number of amides is 1. The fourth-order valence-electron chi connectivity index (χ4n) is 2.58. The van der Waals surface area contributed by atoms with Crippen LogP contribution in [0.4, 0.5) is 5.69 Å². The van der Waals surface area contributed by atoms with Crippen LogP contribution in [0.2, 0.25) is 0 Å². The van der Waals surface area contributed by atoms with Crippen LogP contribution in [0, 0.1) is 5.92 Å². The first-order valence-electron chi connectivity index (χ1n) is 8.64. The smallest absolute Gasteiger partial charge is 0.240 e. The maximum absolute atomic E-state index is 12.2. The number of nitrogens with two attached hydrogens (primary N) is 1. The van der Waals surface area contributed by atoms with E-state index in [0.29, 0.717) is 18.2 Å². The lowest BCUT2D eigenvalue weighted by molar-refractivity contribution is -0.116. The third-order valence-corrected chi connectivity index (χ3v) is 5.78. The SMILES string of the molecule is NC(CC(=O)Nc1ccc(S(=O)(=O)NCC2CC2)cc1)c1ccccc1. The molecule has 1 amide bonds. The van der Waals surface area contributed by atoms with Gasteiger partial charge in [0.2, 0.25) is 15.9 Å². The van der Waals surface area contributed by atoms with Crippen molar-refractivity contribution in [3.63, 3.8) is 0 Å². The summed E-state index contributed by atoms with van der Waals surface area (Å²) in [5, 5.41) is 2.75. The predicted molar refractivity (Wildman–Crippen MR) is 101 cm³/mol. The van der Waals surface area contributed by atoms with Gasteiger partial charge >= 0.3 is 0 Å². The van der Waals surface area contributed by atoms with Crippen LogP contribution in [0.3, 0.4) is 0 Å². The summed E-state index contributed by atoms with van der Waals surface area (Å²) in [4.78, 5) is 12.3. The predicted octanol–water partition coefficient (Wildman–Crippen LogP) is 2.40. The highest BCUT2D eigenvalue weighted by Crippen LogP contribution is 2.28. The molecule has 0 aromatic heterocycles. The zero-order valence-corrected chi connectivity index (χ0v) is 15.2. The normalized spacial score (nSPS) is 15.4. The van der Waals surface area contributed by atoms with Crippen LogP contribution in [-0.2, 0) is 14.8 Å². The molecule has 1 unspecified atom stereocenters. The van der Waals surface area contributed by atoms with Gasteiger partial charge in [-0.3, -0.25) is 4.79 Å². The number of nitrogens with one attached hydrogen (secondary N) is 2. The molecule has 3 rings (SSSR count). The molecule has 1 saturated carbocycles. The molecule has 0 saturated heterocycles. The maximum atomic E-state index is 12.2. The molecule has 4 N–H and O–H groups in total. The third kappa shape index (κ3) is 5.14. The number of anilines is 1. The van der Waals surface area contributed by atoms with Crippen LogP contribution in [0.15, 0.2) is 59.5 Å². The van der Waals surface area contributed by atoms with E-state index in [-0.39, 0.29) is 23.3 Å². The second-order valence-electron chi connectivity index (χ2n) is 6.59. The summed E-state index contributed by atoms with van der Waals surface area (Å²) in [6.45, 7) is 0.484. The molecule has 26 heavy (non-hydrogen) atoms. The lowest BCUT2D eigenvalue weighted by Gasteiger charge is -2.12. The van der Waals surface area contributed by atoms with Crippen LogP contribution in [-0.4, -0.2) is 20.9 Å². The number of sulfonamides is 1. The third-order valence-electron chi connectivity index (χ3n) is 4.34. The summed E-state index contributed by atoms with van der Waals surface area (Å²) in [7, 11) is -3.50. The lowest BCUT2D eigenvalue weighted by atomic mass is 10.0. The molecule has 2 aromatic carbocycles. The second-order valence-corrected chi connectivity index (χ2v) is 8.36. The molecule has 0 heterocycles. The van der Waals surface area contributed by atoms with Crippen molar-refractivity contribution in [2.24, 2.45) is 11.7 Å². The second kappa shape index (κ2) is 7.99. The molecule has 1 fully saturated rings. The van der Waals surface area contributed by atoms with Gasteiger partial charge in [-0.15, -0.1) is 0 Å². The van der Waals surface area contributed by atoms with Crippen LogP contribution in [0.5, 0.6) is 0 Å². The van der Waals surface area contributed by atoms with Gasteiger partial charge in [0.25, 0.3) is 0 Å². The fraction of sp³-hybridized carbons (Fsp3) is 0.316. The molecule has 1 aliphatic carbocycles. The van der Waals surface area contributed by atoms with E-state index in [1.807, 2.05) is 30.3 Å². The molecule has 0 radical (unpaired) electrons. The van der Waals surface area contributed by atoms with Crippen molar-refractivity contribution in [1.29, 1.82) is 0 Å². The molecule has 0 spiro atoms. The topological polar surface area (TPSA) is 101 Å². The molecule has 2 aromatic rings. The van der Waals surface area contributed by atoms with E-state index < -0.39 is 10.0 Å². The zero-order valence-electron chi connectivity index (χ0n) is 14.4. The van der Waals surface area contributed by atoms with Gasteiger partial charge in [-0.05, 0) is 48.6 Å². The van der Waals surface area contributed by atoms with Crippen molar-refractivity contribution in [2.75, 3.05) is 11.9 Å². The molecule has 1 aliphatic rings. The molecule has 0 aliphatic heterocycles. The summed E-state index contributed by atoms with van der Waals surface area (Å²) in [5.74, 6) is 0.251. The highest BCUT2D eigenvalue weighted by atomic mass is 32.2. The van der Waals surface area contributed by atoms with Crippen LogP contribution in [0.1, 0.15) is 30.9 Å². The monoisotopic (exact) mass is 373 g/mol. The maximum Gasteiger partial charge on any atom is 0.240 e. The summed E-state index contributed by atoms with van der Waals surface area (Å²) in [6, 6.07) is 15.2. The van der Waals surface area contributed by atoms with E-state index in [9.17, 15) is 13.2 Å². The number of carbonyl (C=O) groups is 1. The van der Waals surface area contributed by atoms with E-state index in [2.05, 4.69) is 10.0 Å².